The standard InChI is InChI=1S/C17H29N3S/c1-4-18-13-7-5-8-14-15(13)19-16(21-14)20-11-6-9-17(2,3)10-12-20/h13,18H,4-12H2,1-3H3. The molecule has 0 aromatic carbocycles. The van der Waals surface area contributed by atoms with Crippen molar-refractivity contribution in [3.05, 3.63) is 10.6 Å². The van der Waals surface area contributed by atoms with Gasteiger partial charge in [0.2, 0.25) is 0 Å². The average molecular weight is 308 g/mol. The maximum atomic E-state index is 5.05. The van der Waals surface area contributed by atoms with Crippen molar-refractivity contribution in [1.29, 1.82) is 0 Å². The van der Waals surface area contributed by atoms with Crippen molar-refractivity contribution in [3.63, 3.8) is 0 Å². The number of rotatable bonds is 3. The molecule has 2 aliphatic rings. The van der Waals surface area contributed by atoms with Crippen LogP contribution in [0.2, 0.25) is 0 Å². The molecule has 1 fully saturated rings. The summed E-state index contributed by atoms with van der Waals surface area (Å²) in [6.45, 7) is 10.4. The quantitative estimate of drug-likeness (QED) is 0.909. The molecule has 2 heterocycles. The van der Waals surface area contributed by atoms with E-state index < -0.39 is 0 Å². The summed E-state index contributed by atoms with van der Waals surface area (Å²) < 4.78 is 0. The highest BCUT2D eigenvalue weighted by atomic mass is 32.1. The van der Waals surface area contributed by atoms with Crippen molar-refractivity contribution in [3.8, 4) is 0 Å². The number of fused-ring (bicyclic) bond motifs is 1. The third-order valence-electron chi connectivity index (χ3n) is 5.00. The Morgan fingerprint density at radius 3 is 2.95 bits per heavy atom. The van der Waals surface area contributed by atoms with E-state index in [2.05, 4.69) is 31.0 Å². The molecule has 4 heteroatoms. The molecule has 0 spiro atoms. The fourth-order valence-corrected chi connectivity index (χ4v) is 4.82. The number of nitrogens with zero attached hydrogens (tertiary/aromatic N) is 2. The number of aryl methyl sites for hydroxylation is 1. The maximum absolute atomic E-state index is 5.05. The number of hydrogen-bond acceptors (Lipinski definition) is 4. The van der Waals surface area contributed by atoms with Crippen LogP contribution in [0.1, 0.15) is 69.5 Å². The topological polar surface area (TPSA) is 28.2 Å². The lowest BCUT2D eigenvalue weighted by atomic mass is 9.85. The predicted octanol–water partition coefficient (Wildman–Crippen LogP) is 4.15. The van der Waals surface area contributed by atoms with E-state index >= 15 is 0 Å². The van der Waals surface area contributed by atoms with Crippen LogP contribution >= 0.6 is 11.3 Å². The van der Waals surface area contributed by atoms with Crippen molar-refractivity contribution >= 4 is 16.5 Å². The second kappa shape index (κ2) is 6.25. The molecule has 1 aromatic heterocycles. The summed E-state index contributed by atoms with van der Waals surface area (Å²) in [5, 5.41) is 4.89. The van der Waals surface area contributed by atoms with Gasteiger partial charge in [0.25, 0.3) is 0 Å². The van der Waals surface area contributed by atoms with Crippen LogP contribution in [0, 0.1) is 5.41 Å². The summed E-state index contributed by atoms with van der Waals surface area (Å²) >= 11 is 1.96. The Labute approximate surface area is 133 Å². The summed E-state index contributed by atoms with van der Waals surface area (Å²) in [7, 11) is 0. The molecule has 1 aliphatic heterocycles. The highest BCUT2D eigenvalue weighted by Gasteiger charge is 2.28. The van der Waals surface area contributed by atoms with E-state index in [0.29, 0.717) is 11.5 Å². The summed E-state index contributed by atoms with van der Waals surface area (Å²) in [6, 6.07) is 0.493. The van der Waals surface area contributed by atoms with Crippen molar-refractivity contribution in [2.24, 2.45) is 5.41 Å². The zero-order chi connectivity index (χ0) is 14.9. The predicted molar refractivity (Wildman–Crippen MR) is 91.3 cm³/mol. The first-order valence-electron chi connectivity index (χ1n) is 8.57. The van der Waals surface area contributed by atoms with Gasteiger partial charge in [0, 0.05) is 18.0 Å². The lowest BCUT2D eigenvalue weighted by Crippen LogP contribution is -2.26. The van der Waals surface area contributed by atoms with Crippen LogP contribution in [-0.4, -0.2) is 24.6 Å². The van der Waals surface area contributed by atoms with E-state index in [1.165, 1.54) is 67.3 Å². The minimum absolute atomic E-state index is 0.493. The number of hydrogen-bond donors (Lipinski definition) is 1. The molecule has 1 unspecified atom stereocenters. The molecule has 1 N–H and O–H groups in total. The average Bonchev–Trinajstić information content (AvgIpc) is 2.79. The van der Waals surface area contributed by atoms with E-state index in [1.54, 1.807) is 0 Å². The molecule has 0 saturated carbocycles. The minimum Gasteiger partial charge on any atom is -0.348 e. The summed E-state index contributed by atoms with van der Waals surface area (Å²) in [4.78, 5) is 9.12. The van der Waals surface area contributed by atoms with Gasteiger partial charge in [-0.2, -0.15) is 0 Å². The normalized spacial score (nSPS) is 25.5. The minimum atomic E-state index is 0.493. The van der Waals surface area contributed by atoms with E-state index in [1.807, 2.05) is 11.3 Å². The molecule has 3 rings (SSSR count). The monoisotopic (exact) mass is 307 g/mol. The van der Waals surface area contributed by atoms with Gasteiger partial charge in [0.15, 0.2) is 5.13 Å². The van der Waals surface area contributed by atoms with E-state index in [9.17, 15) is 0 Å². The third kappa shape index (κ3) is 3.42. The molecule has 1 aromatic rings. The Kier molecular flexibility index (Phi) is 4.55. The molecule has 1 saturated heterocycles. The fraction of sp³-hybridized carbons (Fsp3) is 0.824. The van der Waals surface area contributed by atoms with Crippen molar-refractivity contribution in [2.75, 3.05) is 24.5 Å². The third-order valence-corrected chi connectivity index (χ3v) is 6.20. The lowest BCUT2D eigenvalue weighted by molar-refractivity contribution is 0.325. The van der Waals surface area contributed by atoms with Crippen LogP contribution in [0.5, 0.6) is 0 Å². The molecule has 118 valence electrons. The first-order valence-corrected chi connectivity index (χ1v) is 9.38. The van der Waals surface area contributed by atoms with Gasteiger partial charge in [-0.1, -0.05) is 20.8 Å². The molecule has 0 amide bonds. The van der Waals surface area contributed by atoms with Crippen molar-refractivity contribution in [2.45, 2.75) is 65.3 Å². The molecular formula is C17H29N3S. The zero-order valence-corrected chi connectivity index (χ0v) is 14.6. The highest BCUT2D eigenvalue weighted by molar-refractivity contribution is 7.15. The number of thiazole rings is 1. The first kappa shape index (κ1) is 15.3. The fourth-order valence-electron chi connectivity index (χ4n) is 3.60. The SMILES string of the molecule is CCNC1CCCc2sc(N3CCCC(C)(C)CC3)nc21. The zero-order valence-electron chi connectivity index (χ0n) is 13.7. The molecule has 0 radical (unpaired) electrons. The van der Waals surface area contributed by atoms with E-state index in [-0.39, 0.29) is 0 Å². The first-order chi connectivity index (χ1) is 10.1. The number of anilines is 1. The second-order valence-corrected chi connectivity index (χ2v) is 8.37. The van der Waals surface area contributed by atoms with Crippen LogP contribution in [-0.2, 0) is 6.42 Å². The number of aromatic nitrogens is 1. The van der Waals surface area contributed by atoms with Gasteiger partial charge in [-0.3, -0.25) is 0 Å². The van der Waals surface area contributed by atoms with Crippen LogP contribution in [0.15, 0.2) is 0 Å². The summed E-state index contributed by atoms with van der Waals surface area (Å²) in [5.41, 5.74) is 1.85. The van der Waals surface area contributed by atoms with Gasteiger partial charge in [-0.25, -0.2) is 4.98 Å². The Bertz CT molecular complexity index is 480. The summed E-state index contributed by atoms with van der Waals surface area (Å²) in [6.07, 6.45) is 7.71. The molecule has 3 nitrogen and oxygen atoms in total. The van der Waals surface area contributed by atoms with Crippen LogP contribution in [0.3, 0.4) is 0 Å². The van der Waals surface area contributed by atoms with Gasteiger partial charge in [0.1, 0.15) is 0 Å². The Hall–Kier alpha value is -0.610. The Morgan fingerprint density at radius 2 is 2.14 bits per heavy atom. The van der Waals surface area contributed by atoms with E-state index in [0.717, 1.165) is 6.54 Å². The summed E-state index contributed by atoms with van der Waals surface area (Å²) in [5.74, 6) is 0. The van der Waals surface area contributed by atoms with Crippen LogP contribution in [0.25, 0.3) is 0 Å². The van der Waals surface area contributed by atoms with Gasteiger partial charge in [-0.05, 0) is 50.5 Å². The highest BCUT2D eigenvalue weighted by Crippen LogP contribution is 2.38. The smallest absolute Gasteiger partial charge is 0.185 e. The Morgan fingerprint density at radius 1 is 1.29 bits per heavy atom. The lowest BCUT2D eigenvalue weighted by Gasteiger charge is -2.23. The van der Waals surface area contributed by atoms with Crippen LogP contribution < -0.4 is 10.2 Å². The van der Waals surface area contributed by atoms with Gasteiger partial charge in [-0.15, -0.1) is 11.3 Å². The molecule has 1 atom stereocenters. The Balaban J connectivity index is 1.77. The molecular weight excluding hydrogens is 278 g/mol. The molecule has 0 bridgehead atoms. The molecule has 1 aliphatic carbocycles. The van der Waals surface area contributed by atoms with Gasteiger partial charge < -0.3 is 10.2 Å². The number of nitrogens with one attached hydrogen (secondary N) is 1. The largest absolute Gasteiger partial charge is 0.348 e. The van der Waals surface area contributed by atoms with Crippen molar-refractivity contribution < 1.29 is 0 Å². The van der Waals surface area contributed by atoms with Gasteiger partial charge in [0.05, 0.1) is 11.7 Å². The van der Waals surface area contributed by atoms with E-state index in [4.69, 9.17) is 4.98 Å². The van der Waals surface area contributed by atoms with Crippen molar-refractivity contribution in [1.82, 2.24) is 10.3 Å². The van der Waals surface area contributed by atoms with Crippen LogP contribution in [0.4, 0.5) is 5.13 Å². The molecule has 21 heavy (non-hydrogen) atoms. The van der Waals surface area contributed by atoms with Gasteiger partial charge >= 0.3 is 0 Å². The maximum Gasteiger partial charge on any atom is 0.185 e. The second-order valence-electron chi connectivity index (χ2n) is 7.31.